The molecule has 0 bridgehead atoms. The van der Waals surface area contributed by atoms with Crippen LogP contribution in [0.3, 0.4) is 0 Å². The van der Waals surface area contributed by atoms with E-state index in [0.29, 0.717) is 19.6 Å². The minimum atomic E-state index is -1.46. The number of ether oxygens (including phenoxy) is 3. The van der Waals surface area contributed by atoms with Crippen molar-refractivity contribution in [3.05, 3.63) is 0 Å². The second-order valence-corrected chi connectivity index (χ2v) is 3.65. The Balaban J connectivity index is 2.58. The van der Waals surface area contributed by atoms with Gasteiger partial charge in [-0.15, -0.1) is 0 Å². The van der Waals surface area contributed by atoms with E-state index in [9.17, 15) is 4.79 Å². The zero-order valence-corrected chi connectivity index (χ0v) is 9.32. The lowest BCUT2D eigenvalue weighted by atomic mass is 9.93. The van der Waals surface area contributed by atoms with Crippen molar-refractivity contribution in [3.63, 3.8) is 0 Å². The molecule has 7 nitrogen and oxygen atoms in total. The van der Waals surface area contributed by atoms with Crippen LogP contribution in [-0.4, -0.2) is 68.3 Å². The summed E-state index contributed by atoms with van der Waals surface area (Å²) in [6.45, 7) is 0.398. The fourth-order valence-electron chi connectivity index (χ4n) is 1.65. The fourth-order valence-corrected chi connectivity index (χ4v) is 1.65. The molecule has 0 aromatic heterocycles. The van der Waals surface area contributed by atoms with Crippen LogP contribution in [0.2, 0.25) is 0 Å². The van der Waals surface area contributed by atoms with Gasteiger partial charge in [-0.1, -0.05) is 0 Å². The van der Waals surface area contributed by atoms with Crippen molar-refractivity contribution in [1.82, 2.24) is 0 Å². The first-order valence-corrected chi connectivity index (χ1v) is 5.33. The molecule has 0 amide bonds. The number of rotatable bonds is 6. The molecule has 4 unspecified atom stereocenters. The Hall–Kier alpha value is -0.825. The van der Waals surface area contributed by atoms with E-state index in [1.807, 2.05) is 0 Å². The molecule has 96 valence electrons. The van der Waals surface area contributed by atoms with Gasteiger partial charge in [0, 0.05) is 12.6 Å². The van der Waals surface area contributed by atoms with Crippen molar-refractivity contribution >= 4 is 14.0 Å². The van der Waals surface area contributed by atoms with E-state index in [0.717, 1.165) is 0 Å². The van der Waals surface area contributed by atoms with E-state index in [1.54, 1.807) is 0 Å². The Morgan fingerprint density at radius 3 is 2.71 bits per heavy atom. The topological polar surface area (TPSA) is 111 Å². The largest absolute Gasteiger partial charge is 0.506 e. The van der Waals surface area contributed by atoms with Crippen LogP contribution in [0.1, 0.15) is 6.42 Å². The van der Waals surface area contributed by atoms with Gasteiger partial charge in [-0.3, -0.25) is 0 Å². The predicted molar refractivity (Wildman–Crippen MR) is 57.8 cm³/mol. The molecular weight excluding hydrogens is 229 g/mol. The predicted octanol–water partition coefficient (Wildman–Crippen LogP) is -1.33. The summed E-state index contributed by atoms with van der Waals surface area (Å²) in [4.78, 5) is 10.5. The lowest BCUT2D eigenvalue weighted by Gasteiger charge is -2.22. The lowest BCUT2D eigenvalue weighted by Crippen LogP contribution is -2.40. The highest BCUT2D eigenvalue weighted by atomic mass is 16.7. The standard InChI is InChI=1S/C9H16BNO6/c10-8-7(15-3-1-2-11)6(17-9(13)14)5(4-12)16-8/h5-8,12H,1-4,11H2,(H,13,14). The van der Waals surface area contributed by atoms with Crippen LogP contribution in [0, 0.1) is 0 Å². The van der Waals surface area contributed by atoms with E-state index in [-0.39, 0.29) is 6.61 Å². The first-order valence-electron chi connectivity index (χ1n) is 5.33. The number of carboxylic acid groups (broad SMARTS) is 1. The number of carbonyl (C=O) groups is 1. The highest BCUT2D eigenvalue weighted by Gasteiger charge is 2.45. The van der Waals surface area contributed by atoms with Gasteiger partial charge in [0.05, 0.1) is 6.61 Å². The normalized spacial score (nSPS) is 32.6. The molecule has 0 aliphatic carbocycles. The third kappa shape index (κ3) is 3.84. The van der Waals surface area contributed by atoms with Gasteiger partial charge in [0.15, 0.2) is 6.10 Å². The summed E-state index contributed by atoms with van der Waals surface area (Å²) in [6.07, 6.45) is -3.30. The molecule has 4 N–H and O–H groups in total. The van der Waals surface area contributed by atoms with Crippen molar-refractivity contribution in [2.24, 2.45) is 5.73 Å². The van der Waals surface area contributed by atoms with Crippen LogP contribution in [0.5, 0.6) is 0 Å². The summed E-state index contributed by atoms with van der Waals surface area (Å²) in [5.74, 6) is 0. The van der Waals surface area contributed by atoms with Gasteiger partial charge in [-0.25, -0.2) is 4.79 Å². The van der Waals surface area contributed by atoms with E-state index in [4.69, 9.17) is 33.3 Å². The second kappa shape index (κ2) is 6.80. The average Bonchev–Trinajstić information content (AvgIpc) is 2.56. The van der Waals surface area contributed by atoms with Crippen molar-refractivity contribution in [1.29, 1.82) is 0 Å². The lowest BCUT2D eigenvalue weighted by molar-refractivity contribution is -0.0518. The van der Waals surface area contributed by atoms with Crippen LogP contribution >= 0.6 is 0 Å². The maximum absolute atomic E-state index is 10.5. The molecule has 0 saturated carbocycles. The Labute approximate surface area is 100 Å². The summed E-state index contributed by atoms with van der Waals surface area (Å²) in [5, 5.41) is 17.6. The first-order chi connectivity index (χ1) is 8.10. The number of nitrogens with two attached hydrogens (primary N) is 1. The van der Waals surface area contributed by atoms with Gasteiger partial charge in [0.2, 0.25) is 0 Å². The Morgan fingerprint density at radius 1 is 1.47 bits per heavy atom. The molecule has 0 spiro atoms. The first kappa shape index (κ1) is 14.2. The Kier molecular flexibility index (Phi) is 5.69. The number of aliphatic hydroxyl groups excluding tert-OH is 1. The zero-order chi connectivity index (χ0) is 12.8. The number of aliphatic hydroxyl groups is 1. The molecule has 4 atom stereocenters. The van der Waals surface area contributed by atoms with Gasteiger partial charge >= 0.3 is 6.16 Å². The summed E-state index contributed by atoms with van der Waals surface area (Å²) >= 11 is 0. The zero-order valence-electron chi connectivity index (χ0n) is 9.32. The van der Waals surface area contributed by atoms with E-state index in [2.05, 4.69) is 4.74 Å². The fraction of sp³-hybridized carbons (Fsp3) is 0.889. The molecule has 1 aliphatic rings. The van der Waals surface area contributed by atoms with Crippen molar-refractivity contribution in [2.75, 3.05) is 19.8 Å². The summed E-state index contributed by atoms with van der Waals surface area (Å²) in [6, 6.07) is -0.825. The minimum Gasteiger partial charge on any atom is -0.450 e. The van der Waals surface area contributed by atoms with E-state index in [1.165, 1.54) is 0 Å². The quantitative estimate of drug-likeness (QED) is 0.302. The molecule has 0 aromatic carbocycles. The van der Waals surface area contributed by atoms with Gasteiger partial charge < -0.3 is 30.2 Å². The summed E-state index contributed by atoms with van der Waals surface area (Å²) in [7, 11) is 5.63. The molecular formula is C9H16BNO6. The molecule has 17 heavy (non-hydrogen) atoms. The molecule has 1 rings (SSSR count). The summed E-state index contributed by atoms with van der Waals surface area (Å²) in [5.41, 5.74) is 5.31. The minimum absolute atomic E-state index is 0.329. The van der Waals surface area contributed by atoms with Crippen molar-refractivity contribution in [3.8, 4) is 0 Å². The smallest absolute Gasteiger partial charge is 0.450 e. The molecule has 8 heteroatoms. The molecule has 1 heterocycles. The van der Waals surface area contributed by atoms with Crippen LogP contribution in [0.25, 0.3) is 0 Å². The third-order valence-corrected chi connectivity index (χ3v) is 2.42. The highest BCUT2D eigenvalue weighted by Crippen LogP contribution is 2.25. The van der Waals surface area contributed by atoms with Crippen LogP contribution in [0.15, 0.2) is 0 Å². The van der Waals surface area contributed by atoms with Crippen molar-refractivity contribution in [2.45, 2.75) is 30.7 Å². The number of hydrogen-bond donors (Lipinski definition) is 3. The monoisotopic (exact) mass is 245 g/mol. The van der Waals surface area contributed by atoms with Crippen LogP contribution in [0.4, 0.5) is 4.79 Å². The van der Waals surface area contributed by atoms with E-state index < -0.39 is 30.5 Å². The molecule has 1 aliphatic heterocycles. The van der Waals surface area contributed by atoms with Crippen LogP contribution in [-0.2, 0) is 14.2 Å². The number of hydrogen-bond acceptors (Lipinski definition) is 6. The Morgan fingerprint density at radius 2 is 2.18 bits per heavy atom. The molecule has 1 fully saturated rings. The van der Waals surface area contributed by atoms with Gasteiger partial charge in [0.1, 0.15) is 20.1 Å². The average molecular weight is 245 g/mol. The molecule has 2 radical (unpaired) electrons. The molecule has 0 aromatic rings. The third-order valence-electron chi connectivity index (χ3n) is 2.42. The summed E-state index contributed by atoms with van der Waals surface area (Å²) < 4.78 is 15.1. The van der Waals surface area contributed by atoms with E-state index >= 15 is 0 Å². The van der Waals surface area contributed by atoms with Gasteiger partial charge in [-0.2, -0.15) is 0 Å². The van der Waals surface area contributed by atoms with Crippen molar-refractivity contribution < 1.29 is 29.2 Å². The maximum atomic E-state index is 10.5. The van der Waals surface area contributed by atoms with Gasteiger partial charge in [-0.05, 0) is 13.0 Å². The SMILES string of the molecule is [B]C1OC(CO)C(OC(=O)O)C1OCCCN. The second-order valence-electron chi connectivity index (χ2n) is 3.65. The molecule has 1 saturated heterocycles. The Bertz CT molecular complexity index is 254. The highest BCUT2D eigenvalue weighted by molar-refractivity contribution is 6.11. The van der Waals surface area contributed by atoms with Crippen LogP contribution < -0.4 is 5.73 Å². The van der Waals surface area contributed by atoms with Gasteiger partial charge in [0.25, 0.3) is 0 Å². The maximum Gasteiger partial charge on any atom is 0.506 e.